The van der Waals surface area contributed by atoms with Crippen molar-refractivity contribution in [1.82, 2.24) is 0 Å². The number of halogens is 1. The first-order valence-corrected chi connectivity index (χ1v) is 12.3. The third-order valence-electron chi connectivity index (χ3n) is 5.91. The molecule has 0 fully saturated rings. The molecule has 0 saturated heterocycles. The van der Waals surface area contributed by atoms with E-state index < -0.39 is 27.0 Å². The summed E-state index contributed by atoms with van der Waals surface area (Å²) in [5, 5.41) is 8.73. The fraction of sp³-hybridized carbons (Fsp3) is 0.375. The van der Waals surface area contributed by atoms with Gasteiger partial charge in [0.25, 0.3) is 0 Å². The number of sulfone groups is 1. The van der Waals surface area contributed by atoms with Crippen molar-refractivity contribution >= 4 is 27.2 Å². The van der Waals surface area contributed by atoms with Crippen LogP contribution >= 0.6 is 0 Å². The van der Waals surface area contributed by atoms with Crippen LogP contribution in [0, 0.1) is 11.2 Å². The van der Waals surface area contributed by atoms with Crippen LogP contribution in [0.15, 0.2) is 59.7 Å². The number of ether oxygens (including phenoxy) is 1. The van der Waals surface area contributed by atoms with Crippen LogP contribution in [0.1, 0.15) is 39.5 Å². The molecule has 0 radical (unpaired) electrons. The minimum absolute atomic E-state index is 0.0201. The molecule has 1 heterocycles. The summed E-state index contributed by atoms with van der Waals surface area (Å²) in [6.07, 6.45) is 4.78. The molecular weight excluding hydrogens is 433 g/mol. The second-order valence-corrected chi connectivity index (χ2v) is 10.1. The number of nitrogens with zero attached hydrogens (tertiary/aromatic N) is 1. The summed E-state index contributed by atoms with van der Waals surface area (Å²) in [5.74, 6) is -2.42. The molecule has 0 aromatic heterocycles. The smallest absolute Gasteiger partial charge is 0.331 e. The molecule has 32 heavy (non-hydrogen) atoms. The molecule has 0 saturated carbocycles. The molecule has 8 heteroatoms. The minimum Gasteiger partial charge on any atom is -0.478 e. The van der Waals surface area contributed by atoms with Crippen LogP contribution in [-0.4, -0.2) is 31.8 Å². The predicted molar refractivity (Wildman–Crippen MR) is 122 cm³/mol. The summed E-state index contributed by atoms with van der Waals surface area (Å²) in [4.78, 5) is 12.5. The van der Waals surface area contributed by atoms with Crippen LogP contribution in [0.4, 0.5) is 15.8 Å². The van der Waals surface area contributed by atoms with E-state index in [4.69, 9.17) is 9.84 Å². The van der Waals surface area contributed by atoms with E-state index in [1.807, 2.05) is 42.2 Å². The Morgan fingerprint density at radius 1 is 1.25 bits per heavy atom. The first-order chi connectivity index (χ1) is 15.2. The Morgan fingerprint density at radius 2 is 1.97 bits per heavy atom. The number of rotatable bonds is 8. The van der Waals surface area contributed by atoms with Crippen molar-refractivity contribution in [2.24, 2.45) is 5.41 Å². The SMILES string of the molecule is CCCC[C@@]1(CC)CN(c2ccccc2)c2cc(F)c(O/C=C/C(=O)O)cc2S(=O)(=O)C1. The number of para-hydroxylation sites is 1. The third kappa shape index (κ3) is 5.12. The highest BCUT2D eigenvalue weighted by Crippen LogP contribution is 2.45. The standard InChI is InChI=1S/C24H28FNO5S/c1-3-5-12-24(4-2)16-26(18-9-7-6-8-10-18)20-14-19(25)21(31-13-11-23(27)28)15-22(20)32(29,30)17-24/h6-11,13-15H,3-5,12,16-17H2,1-2H3,(H,27,28)/b13-11+/t24-/m0/s1. The van der Waals surface area contributed by atoms with Crippen molar-refractivity contribution in [3.63, 3.8) is 0 Å². The Labute approximate surface area is 188 Å². The van der Waals surface area contributed by atoms with E-state index in [1.54, 1.807) is 0 Å². The molecule has 0 amide bonds. The van der Waals surface area contributed by atoms with E-state index in [0.29, 0.717) is 19.0 Å². The number of hydrogen-bond donors (Lipinski definition) is 1. The monoisotopic (exact) mass is 461 g/mol. The van der Waals surface area contributed by atoms with E-state index in [-0.39, 0.29) is 22.1 Å². The highest BCUT2D eigenvalue weighted by Gasteiger charge is 2.42. The van der Waals surface area contributed by atoms with Crippen molar-refractivity contribution in [2.45, 2.75) is 44.4 Å². The van der Waals surface area contributed by atoms with E-state index >= 15 is 0 Å². The fourth-order valence-corrected chi connectivity index (χ4v) is 6.29. The lowest BCUT2D eigenvalue weighted by Gasteiger charge is -2.36. The number of anilines is 2. The topological polar surface area (TPSA) is 83.9 Å². The number of hydrogen-bond acceptors (Lipinski definition) is 5. The average Bonchev–Trinajstić information content (AvgIpc) is 2.85. The zero-order valence-corrected chi connectivity index (χ0v) is 19.1. The highest BCUT2D eigenvalue weighted by molar-refractivity contribution is 7.91. The van der Waals surface area contributed by atoms with Gasteiger partial charge in [-0.2, -0.15) is 0 Å². The molecule has 1 aliphatic rings. The van der Waals surface area contributed by atoms with Crippen molar-refractivity contribution < 1.29 is 27.4 Å². The van der Waals surface area contributed by atoms with Crippen LogP contribution in [0.3, 0.4) is 0 Å². The molecule has 2 aromatic rings. The van der Waals surface area contributed by atoms with Crippen molar-refractivity contribution in [2.75, 3.05) is 17.2 Å². The average molecular weight is 462 g/mol. The molecule has 6 nitrogen and oxygen atoms in total. The van der Waals surface area contributed by atoms with E-state index in [1.165, 1.54) is 0 Å². The van der Waals surface area contributed by atoms with E-state index in [2.05, 4.69) is 6.92 Å². The summed E-state index contributed by atoms with van der Waals surface area (Å²) in [6.45, 7) is 4.51. The molecule has 0 spiro atoms. The van der Waals surface area contributed by atoms with Gasteiger partial charge in [-0.05, 0) is 25.0 Å². The van der Waals surface area contributed by atoms with Crippen LogP contribution < -0.4 is 9.64 Å². The molecule has 1 atom stereocenters. The maximum atomic E-state index is 14.9. The highest BCUT2D eigenvalue weighted by atomic mass is 32.2. The second-order valence-electron chi connectivity index (χ2n) is 8.15. The summed E-state index contributed by atoms with van der Waals surface area (Å²) in [7, 11) is -3.78. The van der Waals surface area contributed by atoms with Gasteiger partial charge in [0, 0.05) is 29.8 Å². The van der Waals surface area contributed by atoms with Gasteiger partial charge in [0.15, 0.2) is 21.4 Å². The summed E-state index contributed by atoms with van der Waals surface area (Å²) in [5.41, 5.74) is 0.541. The summed E-state index contributed by atoms with van der Waals surface area (Å²) >= 11 is 0. The Balaban J connectivity index is 2.19. The zero-order chi connectivity index (χ0) is 23.4. The number of unbranched alkanes of at least 4 members (excludes halogenated alkanes) is 1. The lowest BCUT2D eigenvalue weighted by Crippen LogP contribution is -2.37. The molecule has 172 valence electrons. The van der Waals surface area contributed by atoms with Crippen LogP contribution in [0.5, 0.6) is 5.75 Å². The Kier molecular flexibility index (Phi) is 7.23. The Morgan fingerprint density at radius 3 is 2.59 bits per heavy atom. The first kappa shape index (κ1) is 23.8. The molecule has 2 aromatic carbocycles. The number of aliphatic carboxylic acids is 1. The maximum Gasteiger partial charge on any atom is 0.331 e. The van der Waals surface area contributed by atoms with Gasteiger partial charge in [0.2, 0.25) is 0 Å². The summed E-state index contributed by atoms with van der Waals surface area (Å²) in [6, 6.07) is 11.7. The van der Waals surface area contributed by atoms with Gasteiger partial charge in [-0.3, -0.25) is 0 Å². The molecular formula is C24H28FNO5S. The lowest BCUT2D eigenvalue weighted by atomic mass is 9.81. The predicted octanol–water partition coefficient (Wildman–Crippen LogP) is 5.31. The van der Waals surface area contributed by atoms with Crippen LogP contribution in [0.25, 0.3) is 0 Å². The normalized spacial score (nSPS) is 20.0. The van der Waals surface area contributed by atoms with Crippen LogP contribution in [0.2, 0.25) is 0 Å². The van der Waals surface area contributed by atoms with Gasteiger partial charge in [-0.15, -0.1) is 0 Å². The quantitative estimate of drug-likeness (QED) is 0.326. The Bertz CT molecular complexity index is 1100. The van der Waals surface area contributed by atoms with Gasteiger partial charge in [-0.1, -0.05) is 44.9 Å². The van der Waals surface area contributed by atoms with Gasteiger partial charge < -0.3 is 14.7 Å². The number of carboxylic acid groups (broad SMARTS) is 1. The molecule has 0 aliphatic carbocycles. The molecule has 1 N–H and O–H groups in total. The second kappa shape index (κ2) is 9.73. The van der Waals surface area contributed by atoms with Gasteiger partial charge in [-0.25, -0.2) is 17.6 Å². The Hall–Kier alpha value is -2.87. The van der Waals surface area contributed by atoms with Crippen molar-refractivity contribution in [1.29, 1.82) is 0 Å². The molecule has 0 bridgehead atoms. The minimum atomic E-state index is -3.78. The number of benzene rings is 2. The van der Waals surface area contributed by atoms with Crippen LogP contribution in [-0.2, 0) is 14.6 Å². The lowest BCUT2D eigenvalue weighted by molar-refractivity contribution is -0.131. The largest absolute Gasteiger partial charge is 0.478 e. The third-order valence-corrected chi connectivity index (χ3v) is 7.90. The van der Waals surface area contributed by atoms with Gasteiger partial charge in [0.05, 0.1) is 28.7 Å². The molecule has 1 aliphatic heterocycles. The van der Waals surface area contributed by atoms with Crippen molar-refractivity contribution in [3.8, 4) is 5.75 Å². The van der Waals surface area contributed by atoms with Crippen molar-refractivity contribution in [3.05, 3.63) is 60.6 Å². The number of carboxylic acids is 1. The first-order valence-electron chi connectivity index (χ1n) is 10.7. The number of fused-ring (bicyclic) bond motifs is 1. The molecule has 3 rings (SSSR count). The van der Waals surface area contributed by atoms with Gasteiger partial charge in [0.1, 0.15) is 0 Å². The molecule has 0 unspecified atom stereocenters. The van der Waals surface area contributed by atoms with E-state index in [0.717, 1.165) is 43.3 Å². The zero-order valence-electron chi connectivity index (χ0n) is 18.3. The van der Waals surface area contributed by atoms with Gasteiger partial charge >= 0.3 is 5.97 Å². The summed E-state index contributed by atoms with van der Waals surface area (Å²) < 4.78 is 47.1. The maximum absolute atomic E-state index is 14.9. The van der Waals surface area contributed by atoms with E-state index in [9.17, 15) is 17.6 Å². The number of carbonyl (C=O) groups is 1. The fourth-order valence-electron chi connectivity index (χ4n) is 4.12.